The maximum atomic E-state index is 13.6. The van der Waals surface area contributed by atoms with Gasteiger partial charge in [-0.1, -0.05) is 12.1 Å². The molecule has 1 aromatic carbocycles. The Hall–Kier alpha value is -2.08. The molecular formula is C23H33N3O3. The number of likely N-dealkylation sites (N-methyl/N-ethyl adjacent to an activating group) is 1. The van der Waals surface area contributed by atoms with Crippen molar-refractivity contribution in [3.63, 3.8) is 0 Å². The summed E-state index contributed by atoms with van der Waals surface area (Å²) in [5.41, 5.74) is 0.650. The van der Waals surface area contributed by atoms with Gasteiger partial charge in [-0.05, 0) is 69.8 Å². The molecule has 0 radical (unpaired) electrons. The van der Waals surface area contributed by atoms with Gasteiger partial charge >= 0.3 is 0 Å². The number of carbonyl (C=O) groups is 2. The number of phenols is 1. The number of fused-ring (bicyclic) bond motifs is 1. The number of nitrogens with zero attached hydrogens (tertiary/aromatic N) is 3. The second kappa shape index (κ2) is 8.34. The first kappa shape index (κ1) is 20.2. The van der Waals surface area contributed by atoms with E-state index in [2.05, 4.69) is 16.8 Å². The molecule has 0 aliphatic carbocycles. The maximum Gasteiger partial charge on any atom is 0.230 e. The summed E-state index contributed by atoms with van der Waals surface area (Å²) in [5, 5.41) is 9.45. The molecular weight excluding hydrogens is 366 g/mol. The molecule has 3 fully saturated rings. The molecule has 29 heavy (non-hydrogen) atoms. The number of aromatic hydroxyl groups is 1. The van der Waals surface area contributed by atoms with Crippen LogP contribution in [0, 0.1) is 5.41 Å². The highest BCUT2D eigenvalue weighted by molar-refractivity contribution is 5.86. The Morgan fingerprint density at radius 1 is 1.03 bits per heavy atom. The predicted molar refractivity (Wildman–Crippen MR) is 112 cm³/mol. The fraction of sp³-hybridized carbons (Fsp3) is 0.652. The number of benzene rings is 1. The number of amides is 2. The third kappa shape index (κ3) is 4.00. The topological polar surface area (TPSA) is 64.1 Å². The number of likely N-dealkylation sites (tertiary alicyclic amines) is 3. The summed E-state index contributed by atoms with van der Waals surface area (Å²) >= 11 is 0. The Morgan fingerprint density at radius 2 is 1.76 bits per heavy atom. The SMILES string of the molecule is CN1CC[C@]2(C(=O)N3CCCC3)CCCN(C(=O)CCc3ccc(O)cc3)[C@H]2C1. The van der Waals surface area contributed by atoms with Crippen LogP contribution < -0.4 is 0 Å². The van der Waals surface area contributed by atoms with Crippen LogP contribution in [0.15, 0.2) is 24.3 Å². The number of aryl methyl sites for hydroxylation is 1. The van der Waals surface area contributed by atoms with Gasteiger partial charge in [-0.2, -0.15) is 0 Å². The lowest BCUT2D eigenvalue weighted by molar-refractivity contribution is -0.160. The summed E-state index contributed by atoms with van der Waals surface area (Å²) < 4.78 is 0. The average Bonchev–Trinajstić information content (AvgIpc) is 3.27. The van der Waals surface area contributed by atoms with Crippen molar-refractivity contribution < 1.29 is 14.7 Å². The van der Waals surface area contributed by atoms with Crippen molar-refractivity contribution >= 4 is 11.8 Å². The number of carbonyl (C=O) groups excluding carboxylic acids is 2. The van der Waals surface area contributed by atoms with E-state index in [9.17, 15) is 14.7 Å². The molecule has 3 saturated heterocycles. The largest absolute Gasteiger partial charge is 0.508 e. The second-order valence-electron chi connectivity index (χ2n) is 9.04. The Balaban J connectivity index is 1.50. The summed E-state index contributed by atoms with van der Waals surface area (Å²) in [6, 6.07) is 7.05. The van der Waals surface area contributed by atoms with Crippen molar-refractivity contribution in [2.75, 3.05) is 39.8 Å². The Bertz CT molecular complexity index is 744. The molecule has 0 unspecified atom stereocenters. The van der Waals surface area contributed by atoms with Crippen LogP contribution in [0.4, 0.5) is 0 Å². The van der Waals surface area contributed by atoms with Gasteiger partial charge in [-0.25, -0.2) is 0 Å². The second-order valence-corrected chi connectivity index (χ2v) is 9.04. The fourth-order valence-electron chi connectivity index (χ4n) is 5.47. The van der Waals surface area contributed by atoms with Crippen LogP contribution in [0.5, 0.6) is 5.75 Å². The lowest BCUT2D eigenvalue weighted by atomic mass is 9.67. The van der Waals surface area contributed by atoms with Crippen molar-refractivity contribution in [3.05, 3.63) is 29.8 Å². The average molecular weight is 400 g/mol. The number of hydrogen-bond donors (Lipinski definition) is 1. The summed E-state index contributed by atoms with van der Waals surface area (Å²) in [6.07, 6.45) is 5.96. The summed E-state index contributed by atoms with van der Waals surface area (Å²) in [5.74, 6) is 0.687. The van der Waals surface area contributed by atoms with Crippen molar-refractivity contribution in [3.8, 4) is 5.75 Å². The molecule has 4 rings (SSSR count). The molecule has 158 valence electrons. The van der Waals surface area contributed by atoms with Gasteiger partial charge in [-0.3, -0.25) is 9.59 Å². The molecule has 3 aliphatic heterocycles. The highest BCUT2D eigenvalue weighted by Crippen LogP contribution is 2.44. The van der Waals surface area contributed by atoms with Gasteiger partial charge in [0.05, 0.1) is 11.5 Å². The van der Waals surface area contributed by atoms with Gasteiger partial charge in [0, 0.05) is 32.6 Å². The Kier molecular flexibility index (Phi) is 5.81. The van der Waals surface area contributed by atoms with Gasteiger partial charge in [-0.15, -0.1) is 0 Å². The van der Waals surface area contributed by atoms with Crippen molar-refractivity contribution in [1.29, 1.82) is 0 Å². The van der Waals surface area contributed by atoms with Crippen molar-refractivity contribution in [1.82, 2.24) is 14.7 Å². The molecule has 0 spiro atoms. The van der Waals surface area contributed by atoms with E-state index >= 15 is 0 Å². The third-order valence-electron chi connectivity index (χ3n) is 7.16. The molecule has 6 heteroatoms. The van der Waals surface area contributed by atoms with E-state index in [1.54, 1.807) is 12.1 Å². The van der Waals surface area contributed by atoms with E-state index in [4.69, 9.17) is 0 Å². The zero-order chi connectivity index (χ0) is 20.4. The van der Waals surface area contributed by atoms with Crippen LogP contribution in [0.25, 0.3) is 0 Å². The first-order valence-corrected chi connectivity index (χ1v) is 11.0. The minimum Gasteiger partial charge on any atom is -0.508 e. The van der Waals surface area contributed by atoms with E-state index in [0.717, 1.165) is 70.4 Å². The van der Waals surface area contributed by atoms with Crippen LogP contribution >= 0.6 is 0 Å². The van der Waals surface area contributed by atoms with E-state index in [-0.39, 0.29) is 17.7 Å². The van der Waals surface area contributed by atoms with Gasteiger partial charge in [0.25, 0.3) is 0 Å². The first-order valence-electron chi connectivity index (χ1n) is 11.0. The summed E-state index contributed by atoms with van der Waals surface area (Å²) in [7, 11) is 2.10. The highest BCUT2D eigenvalue weighted by Gasteiger charge is 2.54. The molecule has 3 heterocycles. The quantitative estimate of drug-likeness (QED) is 0.844. The van der Waals surface area contributed by atoms with Gasteiger partial charge in [0.15, 0.2) is 0 Å². The molecule has 2 amide bonds. The van der Waals surface area contributed by atoms with E-state index in [1.165, 1.54) is 0 Å². The lowest BCUT2D eigenvalue weighted by Crippen LogP contribution is -2.66. The third-order valence-corrected chi connectivity index (χ3v) is 7.16. The molecule has 6 nitrogen and oxygen atoms in total. The van der Waals surface area contributed by atoms with E-state index < -0.39 is 5.41 Å². The van der Waals surface area contributed by atoms with Crippen LogP contribution in [0.1, 0.15) is 44.1 Å². The van der Waals surface area contributed by atoms with Crippen LogP contribution in [0.3, 0.4) is 0 Å². The first-order chi connectivity index (χ1) is 14.0. The minimum atomic E-state index is -0.400. The van der Waals surface area contributed by atoms with Crippen LogP contribution in [-0.4, -0.2) is 77.4 Å². The Morgan fingerprint density at radius 3 is 2.48 bits per heavy atom. The van der Waals surface area contributed by atoms with E-state index in [0.29, 0.717) is 18.7 Å². The van der Waals surface area contributed by atoms with E-state index in [1.807, 2.05) is 17.0 Å². The van der Waals surface area contributed by atoms with Crippen LogP contribution in [0.2, 0.25) is 0 Å². The summed E-state index contributed by atoms with van der Waals surface area (Å²) in [4.78, 5) is 33.2. The van der Waals surface area contributed by atoms with Crippen molar-refractivity contribution in [2.24, 2.45) is 5.41 Å². The normalized spacial score (nSPS) is 27.7. The van der Waals surface area contributed by atoms with Crippen molar-refractivity contribution in [2.45, 2.75) is 51.0 Å². The number of piperidine rings is 2. The highest BCUT2D eigenvalue weighted by atomic mass is 16.3. The molecule has 2 atom stereocenters. The van der Waals surface area contributed by atoms with Gasteiger partial charge in [0.2, 0.25) is 11.8 Å². The molecule has 1 N–H and O–H groups in total. The zero-order valence-electron chi connectivity index (χ0n) is 17.5. The molecule has 1 aromatic rings. The summed E-state index contributed by atoms with van der Waals surface area (Å²) in [6.45, 7) is 4.20. The maximum absolute atomic E-state index is 13.6. The molecule has 0 aromatic heterocycles. The minimum absolute atomic E-state index is 0.0181. The Labute approximate surface area is 173 Å². The predicted octanol–water partition coefficient (Wildman–Crippen LogP) is 2.26. The standard InChI is InChI=1S/C23H33N3O3/c1-24-16-12-23(22(29)25-13-2-3-14-25)11-4-15-26(20(23)17-24)21(28)10-7-18-5-8-19(27)9-6-18/h5-6,8-9,20,27H,2-4,7,10-17H2,1H3/t20-,23+/m0/s1. The van der Waals surface area contributed by atoms with Gasteiger partial charge < -0.3 is 19.8 Å². The van der Waals surface area contributed by atoms with Crippen LogP contribution in [-0.2, 0) is 16.0 Å². The zero-order valence-corrected chi connectivity index (χ0v) is 17.5. The molecule has 0 bridgehead atoms. The fourth-order valence-corrected chi connectivity index (χ4v) is 5.47. The van der Waals surface area contributed by atoms with Gasteiger partial charge in [0.1, 0.15) is 5.75 Å². The smallest absolute Gasteiger partial charge is 0.230 e. The monoisotopic (exact) mass is 399 g/mol. The molecule has 0 saturated carbocycles. The number of hydrogen-bond acceptors (Lipinski definition) is 4. The number of phenolic OH excluding ortho intramolecular Hbond substituents is 1. The lowest BCUT2D eigenvalue weighted by Gasteiger charge is -2.54. The molecule has 3 aliphatic rings. The number of rotatable bonds is 4.